The number of anilines is 3. The van der Waals surface area contributed by atoms with Crippen molar-refractivity contribution < 1.29 is 4.79 Å². The Morgan fingerprint density at radius 1 is 1.03 bits per heavy atom. The van der Waals surface area contributed by atoms with Crippen molar-refractivity contribution in [1.29, 1.82) is 5.26 Å². The first-order chi connectivity index (χ1) is 17.4. The highest BCUT2D eigenvalue weighted by molar-refractivity contribution is 6.30. The molecule has 1 amide bonds. The molecule has 0 radical (unpaired) electrons. The number of carbonyl (C=O) groups is 1. The summed E-state index contributed by atoms with van der Waals surface area (Å²) in [6.45, 7) is 0. The van der Waals surface area contributed by atoms with Gasteiger partial charge in [0.15, 0.2) is 0 Å². The van der Waals surface area contributed by atoms with Crippen molar-refractivity contribution in [3.8, 4) is 17.3 Å². The van der Waals surface area contributed by atoms with Crippen LogP contribution in [0.25, 0.3) is 22.2 Å². The number of amides is 1. The van der Waals surface area contributed by atoms with Crippen molar-refractivity contribution in [2.45, 2.75) is 0 Å². The molecule has 0 saturated heterocycles. The maximum Gasteiger partial charge on any atom is 0.272 e. The van der Waals surface area contributed by atoms with E-state index in [0.29, 0.717) is 27.7 Å². The highest BCUT2D eigenvalue weighted by Gasteiger charge is 2.16. The van der Waals surface area contributed by atoms with Gasteiger partial charge in [-0.25, -0.2) is 4.98 Å². The van der Waals surface area contributed by atoms with Gasteiger partial charge in [-0.15, -0.1) is 0 Å². The number of benzene rings is 3. The average molecular weight is 495 g/mol. The van der Waals surface area contributed by atoms with Gasteiger partial charge in [-0.1, -0.05) is 41.9 Å². The monoisotopic (exact) mass is 494 g/mol. The summed E-state index contributed by atoms with van der Waals surface area (Å²) in [5.41, 5.74) is 2.84. The molecule has 5 rings (SSSR count). The number of hydrogen-bond acceptors (Lipinski definition) is 5. The predicted octanol–water partition coefficient (Wildman–Crippen LogP) is 5.45. The summed E-state index contributed by atoms with van der Waals surface area (Å²) in [6.07, 6.45) is 0. The first-order valence-electron chi connectivity index (χ1n) is 11.0. The molecule has 176 valence electrons. The van der Waals surface area contributed by atoms with Gasteiger partial charge in [0.25, 0.3) is 11.5 Å². The zero-order chi connectivity index (χ0) is 25.2. The molecule has 3 N–H and O–H groups in total. The number of halogens is 1. The number of para-hydroxylation sites is 1. The van der Waals surface area contributed by atoms with E-state index in [1.165, 1.54) is 0 Å². The average Bonchev–Trinajstić information content (AvgIpc) is 3.22. The standard InChI is InChI=1S/C27H19ClN6O2/c1-34-22-5-3-2-4-17(22)14-23(34)26(36)30-19-10-6-16(7-11-19)24-21(15-29)25(35)33-27(32-24)31-20-12-8-18(28)9-13-20/h2-14H,1H3,(H,30,36)(H2,31,32,33,35). The number of aromatic nitrogens is 3. The van der Waals surface area contributed by atoms with Crippen LogP contribution in [0.3, 0.4) is 0 Å². The van der Waals surface area contributed by atoms with Crippen LogP contribution in [0.2, 0.25) is 5.02 Å². The van der Waals surface area contributed by atoms with Crippen LogP contribution in [0, 0.1) is 11.3 Å². The SMILES string of the molecule is Cn1c(C(=O)Nc2ccc(-c3nc(Nc4ccc(Cl)cc4)[nH]c(=O)c3C#N)cc2)cc2ccccc21. The van der Waals surface area contributed by atoms with Gasteiger partial charge < -0.3 is 15.2 Å². The van der Waals surface area contributed by atoms with E-state index in [1.54, 1.807) is 48.5 Å². The van der Waals surface area contributed by atoms with Gasteiger partial charge in [0.2, 0.25) is 5.95 Å². The van der Waals surface area contributed by atoms with Gasteiger partial charge in [-0.2, -0.15) is 5.26 Å². The maximum atomic E-state index is 12.9. The van der Waals surface area contributed by atoms with Crippen LogP contribution in [-0.2, 0) is 7.05 Å². The number of H-pyrrole nitrogens is 1. The molecule has 9 heteroatoms. The van der Waals surface area contributed by atoms with Crippen LogP contribution < -0.4 is 16.2 Å². The fourth-order valence-electron chi connectivity index (χ4n) is 3.93. The first-order valence-corrected chi connectivity index (χ1v) is 11.3. The number of rotatable bonds is 5. The molecule has 36 heavy (non-hydrogen) atoms. The second-order valence-electron chi connectivity index (χ2n) is 8.06. The highest BCUT2D eigenvalue weighted by atomic mass is 35.5. The van der Waals surface area contributed by atoms with Gasteiger partial charge in [0.1, 0.15) is 17.3 Å². The fourth-order valence-corrected chi connectivity index (χ4v) is 4.05. The van der Waals surface area contributed by atoms with Gasteiger partial charge in [-0.3, -0.25) is 14.6 Å². The van der Waals surface area contributed by atoms with E-state index in [9.17, 15) is 14.9 Å². The Hall–Kier alpha value is -4.87. The smallest absolute Gasteiger partial charge is 0.272 e. The summed E-state index contributed by atoms with van der Waals surface area (Å²) in [4.78, 5) is 32.5. The van der Waals surface area contributed by atoms with Crippen LogP contribution in [0.4, 0.5) is 17.3 Å². The van der Waals surface area contributed by atoms with Crippen molar-refractivity contribution in [3.63, 3.8) is 0 Å². The van der Waals surface area contributed by atoms with Gasteiger partial charge in [-0.05, 0) is 48.5 Å². The number of carbonyl (C=O) groups excluding carboxylic acids is 1. The number of nitrogens with zero attached hydrogens (tertiary/aromatic N) is 3. The molecule has 0 bridgehead atoms. The molecule has 0 saturated carbocycles. The molecule has 2 heterocycles. The Balaban J connectivity index is 1.41. The van der Waals surface area contributed by atoms with Crippen LogP contribution in [0.1, 0.15) is 16.1 Å². The molecule has 0 fully saturated rings. The lowest BCUT2D eigenvalue weighted by Crippen LogP contribution is -2.16. The van der Waals surface area contributed by atoms with E-state index in [4.69, 9.17) is 11.6 Å². The molecule has 0 spiro atoms. The van der Waals surface area contributed by atoms with Crippen LogP contribution in [0.15, 0.2) is 83.7 Å². The zero-order valence-corrected chi connectivity index (χ0v) is 19.8. The normalized spacial score (nSPS) is 10.7. The maximum absolute atomic E-state index is 12.9. The van der Waals surface area contributed by atoms with Crippen molar-refractivity contribution >= 4 is 45.7 Å². The van der Waals surface area contributed by atoms with Gasteiger partial charge in [0.05, 0.1) is 5.69 Å². The van der Waals surface area contributed by atoms with Gasteiger partial charge >= 0.3 is 0 Å². The summed E-state index contributed by atoms with van der Waals surface area (Å²) in [6, 6.07) is 25.2. The molecular weight excluding hydrogens is 476 g/mol. The van der Waals surface area contributed by atoms with E-state index in [2.05, 4.69) is 20.6 Å². The van der Waals surface area contributed by atoms with Crippen LogP contribution >= 0.6 is 11.6 Å². The second-order valence-corrected chi connectivity index (χ2v) is 8.50. The zero-order valence-electron chi connectivity index (χ0n) is 19.0. The third-order valence-electron chi connectivity index (χ3n) is 5.74. The molecule has 0 aliphatic heterocycles. The largest absolute Gasteiger partial charge is 0.340 e. The fraction of sp³-hybridized carbons (Fsp3) is 0.0370. The Bertz CT molecular complexity index is 1700. The number of aryl methyl sites for hydroxylation is 1. The first kappa shape index (κ1) is 22.9. The lowest BCUT2D eigenvalue weighted by molar-refractivity contribution is 0.101. The minimum absolute atomic E-state index is 0.107. The summed E-state index contributed by atoms with van der Waals surface area (Å²) in [5, 5.41) is 17.0. The molecule has 3 aromatic carbocycles. The van der Waals surface area contributed by atoms with Crippen molar-refractivity contribution in [2.24, 2.45) is 7.05 Å². The van der Waals surface area contributed by atoms with Crippen LogP contribution in [0.5, 0.6) is 0 Å². The Labute approximate surface area is 210 Å². The highest BCUT2D eigenvalue weighted by Crippen LogP contribution is 2.25. The Morgan fingerprint density at radius 3 is 2.42 bits per heavy atom. The third-order valence-corrected chi connectivity index (χ3v) is 5.99. The van der Waals surface area contributed by atoms with E-state index >= 15 is 0 Å². The molecule has 0 aliphatic carbocycles. The van der Waals surface area contributed by atoms with E-state index in [0.717, 1.165) is 10.9 Å². The lowest BCUT2D eigenvalue weighted by atomic mass is 10.1. The quantitative estimate of drug-likeness (QED) is 0.300. The van der Waals surface area contributed by atoms with Crippen molar-refractivity contribution in [1.82, 2.24) is 14.5 Å². The second kappa shape index (κ2) is 9.41. The number of aromatic amines is 1. The summed E-state index contributed by atoms with van der Waals surface area (Å²) >= 11 is 5.93. The van der Waals surface area contributed by atoms with E-state index in [1.807, 2.05) is 48.0 Å². The molecule has 0 unspecified atom stereocenters. The van der Waals surface area contributed by atoms with Crippen molar-refractivity contribution in [2.75, 3.05) is 10.6 Å². The minimum Gasteiger partial charge on any atom is -0.340 e. The van der Waals surface area contributed by atoms with Gasteiger partial charge in [0, 0.05) is 39.9 Å². The number of hydrogen-bond donors (Lipinski definition) is 3. The third kappa shape index (κ3) is 4.43. The van der Waals surface area contributed by atoms with E-state index < -0.39 is 5.56 Å². The number of nitriles is 1. The molecule has 8 nitrogen and oxygen atoms in total. The predicted molar refractivity (Wildman–Crippen MR) is 141 cm³/mol. The Morgan fingerprint density at radius 2 is 1.72 bits per heavy atom. The lowest BCUT2D eigenvalue weighted by Gasteiger charge is -2.10. The minimum atomic E-state index is -0.563. The molecule has 5 aromatic rings. The van der Waals surface area contributed by atoms with E-state index in [-0.39, 0.29) is 23.1 Å². The number of nitrogens with one attached hydrogen (secondary N) is 3. The number of fused-ring (bicyclic) bond motifs is 1. The summed E-state index contributed by atoms with van der Waals surface area (Å²) in [5.74, 6) is -0.0626. The Kier molecular flexibility index (Phi) is 5.98. The molecular formula is C27H19ClN6O2. The molecule has 0 aliphatic rings. The molecule has 2 aromatic heterocycles. The van der Waals surface area contributed by atoms with Crippen LogP contribution in [-0.4, -0.2) is 20.4 Å². The van der Waals surface area contributed by atoms with Crippen molar-refractivity contribution in [3.05, 3.63) is 105 Å². The topological polar surface area (TPSA) is 116 Å². The summed E-state index contributed by atoms with van der Waals surface area (Å²) in [7, 11) is 1.85. The summed E-state index contributed by atoms with van der Waals surface area (Å²) < 4.78 is 1.84. The molecule has 0 atom stereocenters.